The van der Waals surface area contributed by atoms with Gasteiger partial charge in [-0.25, -0.2) is 9.18 Å². The summed E-state index contributed by atoms with van der Waals surface area (Å²) in [4.78, 5) is 11.0. The van der Waals surface area contributed by atoms with Gasteiger partial charge in [-0.2, -0.15) is 8.78 Å². The third-order valence-electron chi connectivity index (χ3n) is 1.78. The Hall–Kier alpha value is -1.43. The number of hydrogen-bond acceptors (Lipinski definition) is 3. The first-order chi connectivity index (χ1) is 7.86. The largest absolute Gasteiger partial charge is 0.465 e. The molecule has 0 radical (unpaired) electrons. The lowest BCUT2D eigenvalue weighted by Gasteiger charge is -2.17. The van der Waals surface area contributed by atoms with Crippen LogP contribution in [0, 0.1) is 0 Å². The van der Waals surface area contributed by atoms with Crippen molar-refractivity contribution in [3.8, 4) is 5.75 Å². The molecule has 0 aliphatic carbocycles. The summed E-state index contributed by atoms with van der Waals surface area (Å²) in [6.45, 7) is 0. The van der Waals surface area contributed by atoms with Crippen LogP contribution in [-0.4, -0.2) is 24.8 Å². The highest BCUT2D eigenvalue weighted by Crippen LogP contribution is 2.28. The van der Waals surface area contributed by atoms with Crippen molar-refractivity contribution in [2.45, 2.75) is 11.7 Å². The topological polar surface area (TPSA) is 35.5 Å². The normalized spacial score (nSPS) is 13.0. The summed E-state index contributed by atoms with van der Waals surface area (Å²) in [6.07, 6.45) is -4.13. The molecule has 0 saturated carbocycles. The number of rotatable bonds is 4. The highest BCUT2D eigenvalue weighted by atomic mass is 35.5. The molecule has 3 nitrogen and oxygen atoms in total. The fourth-order valence-electron chi connectivity index (χ4n) is 0.979. The Labute approximate surface area is 100 Å². The summed E-state index contributed by atoms with van der Waals surface area (Å²) in [5, 5.41) is 0. The van der Waals surface area contributed by atoms with Crippen LogP contribution >= 0.6 is 11.6 Å². The van der Waals surface area contributed by atoms with Gasteiger partial charge in [0.15, 0.2) is 0 Å². The first kappa shape index (κ1) is 13.6. The van der Waals surface area contributed by atoms with Gasteiger partial charge < -0.3 is 9.47 Å². The lowest BCUT2D eigenvalue weighted by atomic mass is 10.2. The molecule has 1 aromatic carbocycles. The monoisotopic (exact) mass is 268 g/mol. The molecule has 0 fully saturated rings. The Balaban J connectivity index is 2.79. The number of carbonyl (C=O) groups excluding carboxylic acids is 1. The zero-order chi connectivity index (χ0) is 13.1. The van der Waals surface area contributed by atoms with Gasteiger partial charge in [-0.3, -0.25) is 0 Å². The summed E-state index contributed by atoms with van der Waals surface area (Å²) in [5.74, 6) is -0.935. The van der Waals surface area contributed by atoms with E-state index < -0.39 is 17.7 Å². The summed E-state index contributed by atoms with van der Waals surface area (Å²) in [7, 11) is 1.18. The molecular formula is C10H8ClF3O3. The number of hydrogen-bond donors (Lipinski definition) is 0. The Morgan fingerprint density at radius 3 is 2.29 bits per heavy atom. The third kappa shape index (κ3) is 3.52. The van der Waals surface area contributed by atoms with E-state index in [1.54, 1.807) is 0 Å². The van der Waals surface area contributed by atoms with Gasteiger partial charge in [-0.15, -0.1) is 0 Å². The fourth-order valence-corrected chi connectivity index (χ4v) is 1.02. The molecule has 0 unspecified atom stereocenters. The van der Waals surface area contributed by atoms with Crippen LogP contribution in [0.4, 0.5) is 13.2 Å². The predicted octanol–water partition coefficient (Wildman–Crippen LogP) is 2.98. The minimum Gasteiger partial charge on any atom is -0.465 e. The quantitative estimate of drug-likeness (QED) is 0.622. The van der Waals surface area contributed by atoms with Crippen LogP contribution < -0.4 is 4.74 Å². The van der Waals surface area contributed by atoms with E-state index in [0.29, 0.717) is 0 Å². The minimum atomic E-state index is -4.13. The maximum absolute atomic E-state index is 12.7. The molecule has 0 spiro atoms. The van der Waals surface area contributed by atoms with E-state index in [0.717, 1.165) is 12.1 Å². The molecule has 0 aromatic heterocycles. The van der Waals surface area contributed by atoms with Crippen LogP contribution in [0.3, 0.4) is 0 Å². The number of carbonyl (C=O) groups is 1. The van der Waals surface area contributed by atoms with E-state index in [9.17, 15) is 18.0 Å². The van der Waals surface area contributed by atoms with Gasteiger partial charge in [-0.05, 0) is 24.3 Å². The molecule has 17 heavy (non-hydrogen) atoms. The van der Waals surface area contributed by atoms with Crippen LogP contribution in [0.1, 0.15) is 10.4 Å². The van der Waals surface area contributed by atoms with Gasteiger partial charge in [0.1, 0.15) is 5.75 Å². The molecule has 0 aliphatic heterocycles. The van der Waals surface area contributed by atoms with Crippen LogP contribution in [0.25, 0.3) is 0 Å². The number of halogens is 4. The molecule has 0 amide bonds. The molecule has 7 heteroatoms. The summed E-state index contributed by atoms with van der Waals surface area (Å²) < 4.78 is 46.2. The second-order valence-corrected chi connectivity index (χ2v) is 3.36. The molecule has 0 heterocycles. The van der Waals surface area contributed by atoms with Crippen molar-refractivity contribution in [2.24, 2.45) is 0 Å². The minimum absolute atomic E-state index is 0.158. The van der Waals surface area contributed by atoms with Crippen molar-refractivity contribution >= 4 is 17.6 Å². The lowest BCUT2D eigenvalue weighted by molar-refractivity contribution is -0.199. The lowest BCUT2D eigenvalue weighted by Crippen LogP contribution is -2.32. The highest BCUT2D eigenvalue weighted by molar-refractivity contribution is 6.20. The molecule has 0 saturated heterocycles. The Morgan fingerprint density at radius 2 is 1.88 bits per heavy atom. The first-order valence-corrected chi connectivity index (χ1v) is 4.84. The molecule has 94 valence electrons. The standard InChI is InChI=1S/C10H8ClF3O3/c1-16-8(15)6-2-4-7(5-3-6)17-10(13,14)9(11)12/h2-5,9H,1H3/t9-/m1/s1. The van der Waals surface area contributed by atoms with Gasteiger partial charge in [0.2, 0.25) is 0 Å². The van der Waals surface area contributed by atoms with E-state index in [1.165, 1.54) is 19.2 Å². The SMILES string of the molecule is COC(=O)c1ccc(OC(F)(F)[C@@H](F)Cl)cc1. The smallest absolute Gasteiger partial charge is 0.444 e. The van der Waals surface area contributed by atoms with E-state index in [-0.39, 0.29) is 11.3 Å². The Kier molecular flexibility index (Phi) is 4.22. The molecule has 0 N–H and O–H groups in total. The number of esters is 1. The first-order valence-electron chi connectivity index (χ1n) is 4.40. The van der Waals surface area contributed by atoms with Crippen LogP contribution in [-0.2, 0) is 4.74 Å². The van der Waals surface area contributed by atoms with Crippen molar-refractivity contribution in [3.05, 3.63) is 29.8 Å². The summed E-state index contributed by atoms with van der Waals surface area (Å²) in [5.41, 5.74) is -2.80. The molecule has 1 aromatic rings. The fraction of sp³-hybridized carbons (Fsp3) is 0.300. The maximum Gasteiger partial charge on any atom is 0.444 e. The summed E-state index contributed by atoms with van der Waals surface area (Å²) >= 11 is 4.61. The maximum atomic E-state index is 12.7. The van der Waals surface area contributed by atoms with Gasteiger partial charge >= 0.3 is 12.1 Å². The zero-order valence-corrected chi connectivity index (χ0v) is 9.38. The number of ether oxygens (including phenoxy) is 2. The van der Waals surface area contributed by atoms with Gasteiger partial charge in [0, 0.05) is 0 Å². The second-order valence-electron chi connectivity index (χ2n) is 2.98. The van der Waals surface area contributed by atoms with Crippen molar-refractivity contribution < 1.29 is 27.4 Å². The van der Waals surface area contributed by atoms with E-state index in [2.05, 4.69) is 21.1 Å². The number of methoxy groups -OCH3 is 1. The molecule has 1 rings (SSSR count). The molecule has 1 atom stereocenters. The summed E-state index contributed by atoms with van der Waals surface area (Å²) in [6, 6.07) is 4.58. The average molecular weight is 269 g/mol. The van der Waals surface area contributed by atoms with Gasteiger partial charge in [-0.1, -0.05) is 11.6 Å². The van der Waals surface area contributed by atoms with Crippen molar-refractivity contribution in [1.82, 2.24) is 0 Å². The average Bonchev–Trinajstić information content (AvgIpc) is 2.28. The van der Waals surface area contributed by atoms with Crippen molar-refractivity contribution in [3.63, 3.8) is 0 Å². The second kappa shape index (κ2) is 5.27. The molecule has 0 bridgehead atoms. The zero-order valence-electron chi connectivity index (χ0n) is 8.62. The Bertz CT molecular complexity index is 392. The number of alkyl halides is 4. The van der Waals surface area contributed by atoms with Crippen molar-refractivity contribution in [1.29, 1.82) is 0 Å². The molecular weight excluding hydrogens is 261 g/mol. The predicted molar refractivity (Wildman–Crippen MR) is 54.1 cm³/mol. The van der Waals surface area contributed by atoms with Crippen LogP contribution in [0.15, 0.2) is 24.3 Å². The van der Waals surface area contributed by atoms with E-state index in [4.69, 9.17) is 0 Å². The van der Waals surface area contributed by atoms with Crippen molar-refractivity contribution in [2.75, 3.05) is 7.11 Å². The van der Waals surface area contributed by atoms with E-state index in [1.807, 2.05) is 0 Å². The number of benzene rings is 1. The van der Waals surface area contributed by atoms with Gasteiger partial charge in [0.25, 0.3) is 5.63 Å². The Morgan fingerprint density at radius 1 is 1.35 bits per heavy atom. The third-order valence-corrected chi connectivity index (χ3v) is 2.04. The van der Waals surface area contributed by atoms with Gasteiger partial charge in [0.05, 0.1) is 12.7 Å². The van der Waals surface area contributed by atoms with Crippen LogP contribution in [0.2, 0.25) is 0 Å². The molecule has 0 aliphatic rings. The van der Waals surface area contributed by atoms with E-state index >= 15 is 0 Å². The van der Waals surface area contributed by atoms with Crippen LogP contribution in [0.5, 0.6) is 5.75 Å². The highest BCUT2D eigenvalue weighted by Gasteiger charge is 2.42.